The van der Waals surface area contributed by atoms with Gasteiger partial charge in [0.05, 0.1) is 21.6 Å². The number of ether oxygens (including phenoxy) is 1. The lowest BCUT2D eigenvalue weighted by molar-refractivity contribution is -0.134. The van der Waals surface area contributed by atoms with Gasteiger partial charge >= 0.3 is 5.97 Å². The maximum atomic E-state index is 11.9. The van der Waals surface area contributed by atoms with Crippen molar-refractivity contribution in [2.45, 2.75) is 12.8 Å². The molecule has 0 aliphatic carbocycles. The second kappa shape index (κ2) is 6.58. The molecule has 2 aromatic carbocycles. The summed E-state index contributed by atoms with van der Waals surface area (Å²) < 4.78 is 6.34. The Labute approximate surface area is 136 Å². The van der Waals surface area contributed by atoms with Gasteiger partial charge in [0.15, 0.2) is 0 Å². The summed E-state index contributed by atoms with van der Waals surface area (Å²) in [6.07, 6.45) is 0.787. The van der Waals surface area contributed by atoms with E-state index in [2.05, 4.69) is 4.98 Å². The number of hydrogen-bond acceptors (Lipinski definition) is 5. The van der Waals surface area contributed by atoms with Crippen molar-refractivity contribution in [3.63, 3.8) is 0 Å². The number of benzene rings is 2. The van der Waals surface area contributed by atoms with E-state index in [9.17, 15) is 9.59 Å². The predicted molar refractivity (Wildman–Crippen MR) is 88.5 cm³/mol. The first kappa shape index (κ1) is 15.2. The molecule has 0 atom stereocenters. The van der Waals surface area contributed by atoms with Crippen molar-refractivity contribution < 1.29 is 14.3 Å². The van der Waals surface area contributed by atoms with Gasteiger partial charge in [0.1, 0.15) is 5.75 Å². The molecule has 3 aromatic rings. The minimum absolute atomic E-state index is 0.247. The third-order valence-corrected chi connectivity index (χ3v) is 4.35. The summed E-state index contributed by atoms with van der Waals surface area (Å²) in [6, 6.07) is 14.0. The molecule has 23 heavy (non-hydrogen) atoms. The highest BCUT2D eigenvalue weighted by Gasteiger charge is 2.09. The van der Waals surface area contributed by atoms with Crippen LogP contribution in [-0.2, 0) is 11.2 Å². The Balaban J connectivity index is 1.57. The molecule has 3 rings (SSSR count). The molecule has 0 aliphatic rings. The second-order valence-corrected chi connectivity index (χ2v) is 6.05. The maximum absolute atomic E-state index is 11.9. The first-order valence-electron chi connectivity index (χ1n) is 7.07. The third-order valence-electron chi connectivity index (χ3n) is 3.25. The monoisotopic (exact) mass is 326 g/mol. The van der Waals surface area contributed by atoms with E-state index in [-0.39, 0.29) is 12.4 Å². The van der Waals surface area contributed by atoms with Gasteiger partial charge in [-0.3, -0.25) is 9.59 Å². The van der Waals surface area contributed by atoms with Crippen LogP contribution in [0.25, 0.3) is 10.2 Å². The van der Waals surface area contributed by atoms with Crippen LogP contribution in [0.2, 0.25) is 0 Å². The van der Waals surface area contributed by atoms with Gasteiger partial charge in [0.25, 0.3) is 0 Å². The van der Waals surface area contributed by atoms with Crippen LogP contribution < -0.4 is 10.5 Å². The zero-order valence-electron chi connectivity index (χ0n) is 12.2. The van der Waals surface area contributed by atoms with Crippen LogP contribution in [0.15, 0.2) is 48.5 Å². The van der Waals surface area contributed by atoms with Crippen LogP contribution in [0, 0.1) is 0 Å². The third kappa shape index (κ3) is 3.73. The highest BCUT2D eigenvalue weighted by molar-refractivity contribution is 7.18. The van der Waals surface area contributed by atoms with E-state index < -0.39 is 5.91 Å². The quantitative estimate of drug-likeness (QED) is 0.577. The van der Waals surface area contributed by atoms with Gasteiger partial charge in [-0.1, -0.05) is 12.1 Å². The molecule has 6 heteroatoms. The number of aryl methyl sites for hydroxylation is 1. The molecule has 0 saturated heterocycles. The maximum Gasteiger partial charge on any atom is 0.311 e. The van der Waals surface area contributed by atoms with Crippen molar-refractivity contribution in [1.29, 1.82) is 0 Å². The van der Waals surface area contributed by atoms with Gasteiger partial charge in [0.2, 0.25) is 5.91 Å². The number of amides is 1. The number of nitrogens with two attached hydrogens (primary N) is 1. The lowest BCUT2D eigenvalue weighted by Crippen LogP contribution is -2.11. The molecule has 0 aliphatic heterocycles. The minimum atomic E-state index is -0.515. The summed E-state index contributed by atoms with van der Waals surface area (Å²) >= 11 is 1.58. The molecular formula is C17H14N2O3S. The summed E-state index contributed by atoms with van der Waals surface area (Å²) in [7, 11) is 0. The number of esters is 1. The number of hydrogen-bond donors (Lipinski definition) is 1. The van der Waals surface area contributed by atoms with E-state index in [1.54, 1.807) is 23.5 Å². The Morgan fingerprint density at radius 2 is 1.83 bits per heavy atom. The Bertz CT molecular complexity index is 823. The smallest absolute Gasteiger partial charge is 0.311 e. The van der Waals surface area contributed by atoms with Crippen LogP contribution in [0.3, 0.4) is 0 Å². The fourth-order valence-corrected chi connectivity index (χ4v) is 3.07. The van der Waals surface area contributed by atoms with E-state index in [0.29, 0.717) is 17.7 Å². The van der Waals surface area contributed by atoms with Crippen molar-refractivity contribution >= 4 is 33.4 Å². The number of carbonyl (C=O) groups is 2. The Hall–Kier alpha value is -2.73. The molecule has 0 saturated carbocycles. The zero-order valence-corrected chi connectivity index (χ0v) is 13.0. The lowest BCUT2D eigenvalue weighted by atomic mass is 10.2. The second-order valence-electron chi connectivity index (χ2n) is 4.94. The van der Waals surface area contributed by atoms with E-state index in [1.807, 2.05) is 24.3 Å². The highest BCUT2D eigenvalue weighted by Crippen LogP contribution is 2.22. The average Bonchev–Trinajstić information content (AvgIpc) is 2.96. The Morgan fingerprint density at radius 3 is 2.52 bits per heavy atom. The zero-order chi connectivity index (χ0) is 16.2. The summed E-state index contributed by atoms with van der Waals surface area (Å²) in [5, 5.41) is 0.909. The normalized spacial score (nSPS) is 10.6. The van der Waals surface area contributed by atoms with Gasteiger partial charge in [-0.25, -0.2) is 4.98 Å². The van der Waals surface area contributed by atoms with Crippen molar-refractivity contribution in [2.24, 2.45) is 5.73 Å². The number of nitrogens with zero attached hydrogens (tertiary/aromatic N) is 1. The fourth-order valence-electron chi connectivity index (χ4n) is 2.11. The van der Waals surface area contributed by atoms with Crippen LogP contribution in [0.4, 0.5) is 0 Å². The van der Waals surface area contributed by atoms with Gasteiger partial charge in [-0.05, 0) is 36.4 Å². The molecule has 0 spiro atoms. The van der Waals surface area contributed by atoms with Gasteiger partial charge in [0, 0.05) is 12.0 Å². The van der Waals surface area contributed by atoms with Gasteiger partial charge < -0.3 is 10.5 Å². The first-order chi connectivity index (χ1) is 11.1. The average molecular weight is 326 g/mol. The van der Waals surface area contributed by atoms with E-state index in [4.69, 9.17) is 10.5 Å². The SMILES string of the molecule is NC(=O)c1ccc(OC(=O)CCc2nc3ccccc3s2)cc1. The Kier molecular flexibility index (Phi) is 4.34. The van der Waals surface area contributed by atoms with Crippen molar-refractivity contribution in [3.8, 4) is 5.75 Å². The minimum Gasteiger partial charge on any atom is -0.427 e. The number of rotatable bonds is 5. The number of thiazole rings is 1. The molecule has 116 valence electrons. The number of aromatic nitrogens is 1. The molecule has 0 radical (unpaired) electrons. The lowest BCUT2D eigenvalue weighted by Gasteiger charge is -2.04. The molecule has 1 heterocycles. The molecule has 5 nitrogen and oxygen atoms in total. The van der Waals surface area contributed by atoms with Crippen LogP contribution in [-0.4, -0.2) is 16.9 Å². The summed E-state index contributed by atoms with van der Waals surface area (Å²) in [5.41, 5.74) is 6.48. The molecule has 1 aromatic heterocycles. The van der Waals surface area contributed by atoms with Crippen molar-refractivity contribution in [1.82, 2.24) is 4.98 Å². The summed E-state index contributed by atoms with van der Waals surface area (Å²) in [4.78, 5) is 27.3. The molecular weight excluding hydrogens is 312 g/mol. The van der Waals surface area contributed by atoms with E-state index in [1.165, 1.54) is 12.1 Å². The van der Waals surface area contributed by atoms with E-state index in [0.717, 1.165) is 15.2 Å². The van der Waals surface area contributed by atoms with Crippen LogP contribution >= 0.6 is 11.3 Å². The summed E-state index contributed by atoms with van der Waals surface area (Å²) in [5.74, 6) is -0.459. The van der Waals surface area contributed by atoms with Crippen molar-refractivity contribution in [3.05, 3.63) is 59.1 Å². The molecule has 0 fully saturated rings. The van der Waals surface area contributed by atoms with Gasteiger partial charge in [-0.15, -0.1) is 11.3 Å². The van der Waals surface area contributed by atoms with Gasteiger partial charge in [-0.2, -0.15) is 0 Å². The van der Waals surface area contributed by atoms with E-state index >= 15 is 0 Å². The molecule has 0 unspecified atom stereocenters. The number of para-hydroxylation sites is 1. The first-order valence-corrected chi connectivity index (χ1v) is 7.88. The standard InChI is InChI=1S/C17H14N2O3S/c18-17(21)11-5-7-12(8-6-11)22-16(20)10-9-15-19-13-3-1-2-4-14(13)23-15/h1-8H,9-10H2,(H2,18,21). The topological polar surface area (TPSA) is 82.3 Å². The molecule has 2 N–H and O–H groups in total. The highest BCUT2D eigenvalue weighted by atomic mass is 32.1. The number of fused-ring (bicyclic) bond motifs is 1. The van der Waals surface area contributed by atoms with Crippen molar-refractivity contribution in [2.75, 3.05) is 0 Å². The largest absolute Gasteiger partial charge is 0.427 e. The van der Waals surface area contributed by atoms with Crippen LogP contribution in [0.1, 0.15) is 21.8 Å². The molecule has 1 amide bonds. The number of carbonyl (C=O) groups excluding carboxylic acids is 2. The molecule has 0 bridgehead atoms. The fraction of sp³-hybridized carbons (Fsp3) is 0.118. The number of primary amides is 1. The Morgan fingerprint density at radius 1 is 1.09 bits per heavy atom. The predicted octanol–water partition coefficient (Wildman–Crippen LogP) is 2.93. The van der Waals surface area contributed by atoms with Crippen LogP contribution in [0.5, 0.6) is 5.75 Å². The summed E-state index contributed by atoms with van der Waals surface area (Å²) in [6.45, 7) is 0.